The number of nitrogens with zero attached hydrogens (tertiary/aromatic N) is 1. The largest absolute Gasteiger partial charge is 0.477 e. The number of rotatable bonds is 6. The van der Waals surface area contributed by atoms with Crippen molar-refractivity contribution in [2.24, 2.45) is 5.92 Å². The first-order valence-electron chi connectivity index (χ1n) is 7.22. The van der Waals surface area contributed by atoms with Gasteiger partial charge in [-0.1, -0.05) is 25.8 Å². The van der Waals surface area contributed by atoms with Crippen molar-refractivity contribution >= 4 is 11.8 Å². The van der Waals surface area contributed by atoms with E-state index in [0.717, 1.165) is 6.42 Å². The highest BCUT2D eigenvalue weighted by molar-refractivity contribution is 5.85. The Morgan fingerprint density at radius 1 is 1.45 bits per heavy atom. The molecule has 2 rings (SSSR count). The maximum atomic E-state index is 10.8. The van der Waals surface area contributed by atoms with E-state index in [1.165, 1.54) is 25.3 Å². The second-order valence-corrected chi connectivity index (χ2v) is 5.31. The van der Waals surface area contributed by atoms with Crippen molar-refractivity contribution in [2.75, 3.05) is 18.5 Å². The minimum atomic E-state index is -1.01. The Morgan fingerprint density at radius 2 is 2.25 bits per heavy atom. The molecule has 2 unspecified atom stereocenters. The smallest absolute Gasteiger partial charge is 0.354 e. The molecule has 1 heterocycles. The molecule has 1 fully saturated rings. The van der Waals surface area contributed by atoms with Crippen molar-refractivity contribution in [3.63, 3.8) is 0 Å². The van der Waals surface area contributed by atoms with Gasteiger partial charge in [0.25, 0.3) is 0 Å². The number of hydrogen-bond acceptors (Lipinski definition) is 4. The highest BCUT2D eigenvalue weighted by atomic mass is 16.5. The second-order valence-electron chi connectivity index (χ2n) is 5.31. The van der Waals surface area contributed by atoms with E-state index in [9.17, 15) is 4.79 Å². The molecule has 0 aromatic carbocycles. The van der Waals surface area contributed by atoms with Gasteiger partial charge in [-0.2, -0.15) is 0 Å². The van der Waals surface area contributed by atoms with Crippen molar-refractivity contribution < 1.29 is 14.6 Å². The van der Waals surface area contributed by atoms with Gasteiger partial charge in [0.1, 0.15) is 5.82 Å². The predicted octanol–water partition coefficient (Wildman–Crippen LogP) is 2.79. The number of carbonyl (C=O) groups is 1. The first-order chi connectivity index (χ1) is 9.66. The zero-order valence-electron chi connectivity index (χ0n) is 11.8. The number of aromatic nitrogens is 1. The highest BCUT2D eigenvalue weighted by Gasteiger charge is 2.21. The van der Waals surface area contributed by atoms with Gasteiger partial charge in [-0.3, -0.25) is 0 Å². The third-order valence-electron chi connectivity index (χ3n) is 3.74. The number of nitrogens with one attached hydrogen (secondary N) is 1. The van der Waals surface area contributed by atoms with Crippen molar-refractivity contribution in [3.05, 3.63) is 23.9 Å². The number of carboxylic acids is 1. The third kappa shape index (κ3) is 4.20. The van der Waals surface area contributed by atoms with E-state index in [0.29, 0.717) is 31.0 Å². The van der Waals surface area contributed by atoms with E-state index in [4.69, 9.17) is 9.84 Å². The molecule has 2 atom stereocenters. The molecule has 0 spiro atoms. The van der Waals surface area contributed by atoms with E-state index in [1.807, 2.05) is 0 Å². The van der Waals surface area contributed by atoms with Gasteiger partial charge >= 0.3 is 5.97 Å². The molecule has 2 N–H and O–H groups in total. The number of hydrogen-bond donors (Lipinski definition) is 2. The van der Waals surface area contributed by atoms with Crippen LogP contribution in [0.4, 0.5) is 5.82 Å². The molecule has 0 bridgehead atoms. The molecule has 0 saturated heterocycles. The van der Waals surface area contributed by atoms with Gasteiger partial charge in [0, 0.05) is 6.54 Å². The Kier molecular flexibility index (Phi) is 5.35. The van der Waals surface area contributed by atoms with Gasteiger partial charge in [0.2, 0.25) is 0 Å². The van der Waals surface area contributed by atoms with Crippen LogP contribution >= 0.6 is 0 Å². The van der Waals surface area contributed by atoms with Gasteiger partial charge < -0.3 is 15.2 Å². The summed E-state index contributed by atoms with van der Waals surface area (Å²) in [7, 11) is 0. The average molecular weight is 278 g/mol. The molecule has 20 heavy (non-hydrogen) atoms. The van der Waals surface area contributed by atoms with E-state index in [1.54, 1.807) is 12.1 Å². The summed E-state index contributed by atoms with van der Waals surface area (Å²) < 4.78 is 5.89. The molecule has 110 valence electrons. The number of anilines is 1. The third-order valence-corrected chi connectivity index (χ3v) is 3.74. The van der Waals surface area contributed by atoms with Gasteiger partial charge in [0.05, 0.1) is 12.7 Å². The number of carboxylic acid groups (broad SMARTS) is 1. The number of aromatic carboxylic acids is 1. The summed E-state index contributed by atoms with van der Waals surface area (Å²) in [5.41, 5.74) is 0.0526. The van der Waals surface area contributed by atoms with Crippen molar-refractivity contribution in [2.45, 2.75) is 38.7 Å². The molecule has 0 aliphatic heterocycles. The lowest BCUT2D eigenvalue weighted by Crippen LogP contribution is -2.27. The normalized spacial score (nSPS) is 22.4. The molecular formula is C15H22N2O3. The lowest BCUT2D eigenvalue weighted by atomic mass is 9.88. The Morgan fingerprint density at radius 3 is 3.00 bits per heavy atom. The Bertz CT molecular complexity index is 450. The molecule has 1 aromatic rings. The fraction of sp³-hybridized carbons (Fsp3) is 0.600. The Hall–Kier alpha value is -1.62. The molecule has 0 amide bonds. The fourth-order valence-corrected chi connectivity index (χ4v) is 2.57. The SMILES string of the molecule is CC1CCCCC1OCCNc1cccc(C(=O)O)n1. The van der Waals surface area contributed by atoms with Crippen molar-refractivity contribution in [3.8, 4) is 0 Å². The summed E-state index contributed by atoms with van der Waals surface area (Å²) in [6, 6.07) is 4.92. The standard InChI is InChI=1S/C15H22N2O3/c1-11-5-2-3-7-13(11)20-10-9-16-14-8-4-6-12(17-14)15(18)19/h4,6,8,11,13H,2-3,5,7,9-10H2,1H3,(H,16,17)(H,18,19). The first-order valence-corrected chi connectivity index (χ1v) is 7.22. The van der Waals surface area contributed by atoms with Crippen LogP contribution in [0.5, 0.6) is 0 Å². The first kappa shape index (κ1) is 14.8. The van der Waals surface area contributed by atoms with E-state index < -0.39 is 5.97 Å². The monoisotopic (exact) mass is 278 g/mol. The van der Waals surface area contributed by atoms with Gasteiger partial charge in [-0.05, 0) is 30.9 Å². The van der Waals surface area contributed by atoms with Gasteiger partial charge in [-0.25, -0.2) is 9.78 Å². The van der Waals surface area contributed by atoms with E-state index in [2.05, 4.69) is 17.2 Å². The summed E-state index contributed by atoms with van der Waals surface area (Å²) in [4.78, 5) is 14.8. The lowest BCUT2D eigenvalue weighted by Gasteiger charge is -2.28. The van der Waals surface area contributed by atoms with Crippen LogP contribution in [0.2, 0.25) is 0 Å². The topological polar surface area (TPSA) is 71.5 Å². The van der Waals surface area contributed by atoms with Crippen LogP contribution in [0.25, 0.3) is 0 Å². The summed E-state index contributed by atoms with van der Waals surface area (Å²) in [5.74, 6) is 0.198. The molecule has 5 nitrogen and oxygen atoms in total. The maximum absolute atomic E-state index is 10.8. The van der Waals surface area contributed by atoms with Crippen molar-refractivity contribution in [1.82, 2.24) is 4.98 Å². The summed E-state index contributed by atoms with van der Waals surface area (Å²) in [6.45, 7) is 3.50. The lowest BCUT2D eigenvalue weighted by molar-refractivity contribution is 0.000373. The highest BCUT2D eigenvalue weighted by Crippen LogP contribution is 2.26. The molecule has 5 heteroatoms. The van der Waals surface area contributed by atoms with Crippen molar-refractivity contribution in [1.29, 1.82) is 0 Å². The van der Waals surface area contributed by atoms with Crippen LogP contribution in [0.1, 0.15) is 43.1 Å². The molecule has 0 radical (unpaired) electrons. The number of pyridine rings is 1. The summed E-state index contributed by atoms with van der Waals surface area (Å²) in [6.07, 6.45) is 5.33. The Balaban J connectivity index is 1.73. The van der Waals surface area contributed by atoms with Crippen LogP contribution in [0.15, 0.2) is 18.2 Å². The molecule has 1 saturated carbocycles. The van der Waals surface area contributed by atoms with E-state index >= 15 is 0 Å². The zero-order chi connectivity index (χ0) is 14.4. The van der Waals surface area contributed by atoms with Crippen LogP contribution < -0.4 is 5.32 Å². The minimum Gasteiger partial charge on any atom is -0.477 e. The second kappa shape index (κ2) is 7.24. The van der Waals surface area contributed by atoms with Crippen LogP contribution in [0.3, 0.4) is 0 Å². The van der Waals surface area contributed by atoms with Gasteiger partial charge in [0.15, 0.2) is 5.69 Å². The number of ether oxygens (including phenoxy) is 1. The van der Waals surface area contributed by atoms with Gasteiger partial charge in [-0.15, -0.1) is 0 Å². The minimum absolute atomic E-state index is 0.0526. The molecular weight excluding hydrogens is 256 g/mol. The molecule has 1 aliphatic carbocycles. The maximum Gasteiger partial charge on any atom is 0.354 e. The summed E-state index contributed by atoms with van der Waals surface area (Å²) in [5, 5.41) is 12.0. The molecule has 1 aromatic heterocycles. The average Bonchev–Trinajstić information content (AvgIpc) is 2.45. The fourth-order valence-electron chi connectivity index (χ4n) is 2.57. The van der Waals surface area contributed by atoms with Crippen LogP contribution in [-0.4, -0.2) is 35.3 Å². The predicted molar refractivity (Wildman–Crippen MR) is 77.1 cm³/mol. The zero-order valence-corrected chi connectivity index (χ0v) is 11.8. The quantitative estimate of drug-likeness (QED) is 0.783. The molecule has 1 aliphatic rings. The van der Waals surface area contributed by atoms with E-state index in [-0.39, 0.29) is 5.69 Å². The summed E-state index contributed by atoms with van der Waals surface area (Å²) >= 11 is 0. The Labute approximate surface area is 119 Å². The van der Waals surface area contributed by atoms with Crippen LogP contribution in [0, 0.1) is 5.92 Å². The van der Waals surface area contributed by atoms with Crippen LogP contribution in [-0.2, 0) is 4.74 Å².